The van der Waals surface area contributed by atoms with Gasteiger partial charge in [0.2, 0.25) is 17.7 Å². The number of carbonyl (C=O) groups is 1. The third-order valence-corrected chi connectivity index (χ3v) is 4.68. The monoisotopic (exact) mass is 341 g/mol. The van der Waals surface area contributed by atoms with Crippen LogP contribution in [0.3, 0.4) is 0 Å². The van der Waals surface area contributed by atoms with Gasteiger partial charge in [0.15, 0.2) is 5.82 Å². The predicted octanol–water partition coefficient (Wildman–Crippen LogP) is 3.28. The van der Waals surface area contributed by atoms with E-state index in [1.165, 1.54) is 0 Å². The van der Waals surface area contributed by atoms with Gasteiger partial charge in [0, 0.05) is 18.8 Å². The van der Waals surface area contributed by atoms with Crippen LogP contribution in [0.15, 0.2) is 21.3 Å². The fourth-order valence-corrected chi connectivity index (χ4v) is 3.29. The molecule has 8 heteroatoms. The second-order valence-corrected chi connectivity index (χ2v) is 6.54. The van der Waals surface area contributed by atoms with Gasteiger partial charge in [-0.1, -0.05) is 5.16 Å². The fourth-order valence-electron chi connectivity index (χ4n) is 2.62. The Kier molecular flexibility index (Phi) is 4.70. The smallest absolute Gasteiger partial charge is 0.248 e. The summed E-state index contributed by atoms with van der Waals surface area (Å²) in [5.41, 5.74) is 0.960. The Labute approximate surface area is 136 Å². The summed E-state index contributed by atoms with van der Waals surface area (Å²) in [4.78, 5) is 16.0. The van der Waals surface area contributed by atoms with Crippen LogP contribution >= 0.6 is 11.3 Å². The van der Waals surface area contributed by atoms with Gasteiger partial charge < -0.3 is 9.84 Å². The summed E-state index contributed by atoms with van der Waals surface area (Å²) in [6, 6.07) is 1.90. The molecule has 2 aromatic heterocycles. The maximum absolute atomic E-state index is 13.2. The first-order valence-corrected chi connectivity index (χ1v) is 8.44. The molecule has 0 aromatic carbocycles. The number of rotatable bonds is 5. The topological polar surface area (TPSA) is 68.0 Å². The van der Waals surface area contributed by atoms with Crippen LogP contribution in [0.25, 0.3) is 0 Å². The molecular weight excluding hydrogens is 324 g/mol. The maximum Gasteiger partial charge on any atom is 0.248 e. The summed E-state index contributed by atoms with van der Waals surface area (Å²) < 4.78 is 31.4. The number of aromatic nitrogens is 2. The maximum atomic E-state index is 13.2. The van der Waals surface area contributed by atoms with Crippen LogP contribution in [0, 0.1) is 0 Å². The molecule has 1 amide bonds. The molecule has 1 fully saturated rings. The Hall–Kier alpha value is -1.83. The average Bonchev–Trinajstić information content (AvgIpc) is 3.17. The van der Waals surface area contributed by atoms with Crippen LogP contribution in [0.4, 0.5) is 8.78 Å². The highest BCUT2D eigenvalue weighted by Crippen LogP contribution is 2.39. The first-order chi connectivity index (χ1) is 11.0. The summed E-state index contributed by atoms with van der Waals surface area (Å²) in [6.45, 7) is 0.152. The highest BCUT2D eigenvalue weighted by Gasteiger charge is 2.36. The number of hydrogen-bond donors (Lipinski definition) is 1. The van der Waals surface area contributed by atoms with Crippen LogP contribution in [0.2, 0.25) is 0 Å². The van der Waals surface area contributed by atoms with E-state index in [9.17, 15) is 13.6 Å². The van der Waals surface area contributed by atoms with E-state index >= 15 is 0 Å². The lowest BCUT2D eigenvalue weighted by molar-refractivity contribution is -0.120. The van der Waals surface area contributed by atoms with Gasteiger partial charge in [0.25, 0.3) is 0 Å². The first-order valence-electron chi connectivity index (χ1n) is 7.50. The minimum absolute atomic E-state index is 0.0892. The van der Waals surface area contributed by atoms with E-state index < -0.39 is 5.92 Å². The molecule has 2 aromatic rings. The Bertz CT molecular complexity index is 647. The molecule has 0 atom stereocenters. The van der Waals surface area contributed by atoms with Crippen LogP contribution in [0.5, 0.6) is 0 Å². The van der Waals surface area contributed by atoms with E-state index in [0.717, 1.165) is 5.56 Å². The van der Waals surface area contributed by atoms with Gasteiger partial charge >= 0.3 is 0 Å². The molecule has 0 spiro atoms. The van der Waals surface area contributed by atoms with Crippen molar-refractivity contribution >= 4 is 17.2 Å². The highest BCUT2D eigenvalue weighted by atomic mass is 32.1. The minimum atomic E-state index is -2.57. The zero-order chi connectivity index (χ0) is 16.3. The van der Waals surface area contributed by atoms with Crippen LogP contribution < -0.4 is 5.32 Å². The van der Waals surface area contributed by atoms with Crippen molar-refractivity contribution in [2.24, 2.45) is 0 Å². The lowest BCUT2D eigenvalue weighted by Gasteiger charge is -2.26. The van der Waals surface area contributed by atoms with E-state index in [0.29, 0.717) is 31.0 Å². The molecule has 1 saturated carbocycles. The van der Waals surface area contributed by atoms with Crippen molar-refractivity contribution < 1.29 is 18.1 Å². The second-order valence-electron chi connectivity index (χ2n) is 5.76. The number of thiophene rings is 1. The van der Waals surface area contributed by atoms with Gasteiger partial charge in [0.1, 0.15) is 0 Å². The molecule has 0 aliphatic heterocycles. The number of nitrogens with one attached hydrogen (secondary N) is 1. The van der Waals surface area contributed by atoms with Crippen molar-refractivity contribution in [3.63, 3.8) is 0 Å². The minimum Gasteiger partial charge on any atom is -0.347 e. The van der Waals surface area contributed by atoms with E-state index in [1.54, 1.807) is 11.3 Å². The Morgan fingerprint density at radius 1 is 1.43 bits per heavy atom. The van der Waals surface area contributed by atoms with Crippen LogP contribution in [-0.4, -0.2) is 22.0 Å². The number of halogens is 2. The van der Waals surface area contributed by atoms with Gasteiger partial charge in [-0.05, 0) is 35.2 Å². The molecule has 0 saturated heterocycles. The van der Waals surface area contributed by atoms with E-state index in [1.807, 2.05) is 16.8 Å². The average molecular weight is 341 g/mol. The summed E-state index contributed by atoms with van der Waals surface area (Å²) in [5, 5.41) is 10.4. The summed E-state index contributed by atoms with van der Waals surface area (Å²) in [5.74, 6) is -2.02. The molecule has 3 rings (SSSR count). The van der Waals surface area contributed by atoms with Gasteiger partial charge in [0.05, 0.1) is 13.0 Å². The second kappa shape index (κ2) is 6.74. The summed E-state index contributed by atoms with van der Waals surface area (Å²) in [7, 11) is 0. The quantitative estimate of drug-likeness (QED) is 0.906. The molecular formula is C15H17F2N3O2S. The first kappa shape index (κ1) is 16.0. The third kappa shape index (κ3) is 4.34. The van der Waals surface area contributed by atoms with Crippen molar-refractivity contribution in [1.82, 2.24) is 15.5 Å². The number of hydrogen-bond acceptors (Lipinski definition) is 5. The molecule has 0 bridgehead atoms. The molecule has 1 N–H and O–H groups in total. The lowest BCUT2D eigenvalue weighted by atomic mass is 9.86. The van der Waals surface area contributed by atoms with Gasteiger partial charge in [-0.25, -0.2) is 8.78 Å². The van der Waals surface area contributed by atoms with Crippen molar-refractivity contribution in [2.75, 3.05) is 0 Å². The molecule has 1 aliphatic rings. The standard InChI is InChI=1S/C15H17F2N3O2S/c16-15(17)4-1-11(2-5-15)14-19-13(22-20-14)8-18-12(21)7-10-3-6-23-9-10/h3,6,9,11H,1-2,4-5,7-8H2,(H,18,21). The largest absolute Gasteiger partial charge is 0.347 e. The van der Waals surface area contributed by atoms with Crippen molar-refractivity contribution in [3.8, 4) is 0 Å². The van der Waals surface area contributed by atoms with Crippen molar-refractivity contribution in [3.05, 3.63) is 34.1 Å². The zero-order valence-corrected chi connectivity index (χ0v) is 13.2. The number of amides is 1. The van der Waals surface area contributed by atoms with Gasteiger partial charge in [-0.15, -0.1) is 0 Å². The molecule has 0 unspecified atom stereocenters. The Balaban J connectivity index is 1.49. The number of carbonyl (C=O) groups excluding carboxylic acids is 1. The normalized spacial score (nSPS) is 18.0. The zero-order valence-electron chi connectivity index (χ0n) is 12.4. The predicted molar refractivity (Wildman–Crippen MR) is 80.3 cm³/mol. The Morgan fingerprint density at radius 3 is 2.91 bits per heavy atom. The summed E-state index contributed by atoms with van der Waals surface area (Å²) in [6.07, 6.45) is 0.743. The number of alkyl halides is 2. The van der Waals surface area contributed by atoms with Gasteiger partial charge in [-0.3, -0.25) is 4.79 Å². The van der Waals surface area contributed by atoms with E-state index in [2.05, 4.69) is 15.5 Å². The number of nitrogens with zero attached hydrogens (tertiary/aromatic N) is 2. The molecule has 2 heterocycles. The summed E-state index contributed by atoms with van der Waals surface area (Å²) >= 11 is 1.54. The van der Waals surface area contributed by atoms with Gasteiger partial charge in [-0.2, -0.15) is 16.3 Å². The van der Waals surface area contributed by atoms with Crippen molar-refractivity contribution in [1.29, 1.82) is 0 Å². The van der Waals surface area contributed by atoms with Crippen LogP contribution in [-0.2, 0) is 17.8 Å². The molecule has 0 radical (unpaired) electrons. The molecule has 23 heavy (non-hydrogen) atoms. The Morgan fingerprint density at radius 2 is 2.22 bits per heavy atom. The highest BCUT2D eigenvalue weighted by molar-refractivity contribution is 7.07. The molecule has 1 aliphatic carbocycles. The van der Waals surface area contributed by atoms with Crippen molar-refractivity contribution in [2.45, 2.75) is 50.5 Å². The molecule has 124 valence electrons. The lowest BCUT2D eigenvalue weighted by Crippen LogP contribution is -2.25. The fraction of sp³-hybridized carbons (Fsp3) is 0.533. The third-order valence-electron chi connectivity index (χ3n) is 3.95. The van der Waals surface area contributed by atoms with E-state index in [-0.39, 0.29) is 31.2 Å². The van der Waals surface area contributed by atoms with E-state index in [4.69, 9.17) is 4.52 Å². The SMILES string of the molecule is O=C(Cc1ccsc1)NCc1nc(C2CCC(F)(F)CC2)no1. The van der Waals surface area contributed by atoms with Crippen LogP contribution in [0.1, 0.15) is 48.9 Å². The molecule has 5 nitrogen and oxygen atoms in total.